The Morgan fingerprint density at radius 2 is 1.79 bits per heavy atom. The van der Waals surface area contributed by atoms with E-state index in [4.69, 9.17) is 4.78 Å². The number of pyridine rings is 1. The second-order valence-corrected chi connectivity index (χ2v) is 10.5. The van der Waals surface area contributed by atoms with Crippen LogP contribution >= 0.6 is 0 Å². The van der Waals surface area contributed by atoms with Crippen LogP contribution in [0.15, 0.2) is 71.9 Å². The maximum Gasteiger partial charge on any atom is 0.255 e. The quantitative estimate of drug-likeness (QED) is 0.614. The summed E-state index contributed by atoms with van der Waals surface area (Å²) in [6.07, 6.45) is 4.70. The topological polar surface area (TPSA) is 77.4 Å². The van der Waals surface area contributed by atoms with Crippen LogP contribution in [0.2, 0.25) is 0 Å². The first-order chi connectivity index (χ1) is 15.7. The summed E-state index contributed by atoms with van der Waals surface area (Å²) in [5.74, 6) is -0.407. The van der Waals surface area contributed by atoms with Gasteiger partial charge in [-0.3, -0.25) is 14.7 Å². The molecule has 0 saturated carbocycles. The van der Waals surface area contributed by atoms with Crippen molar-refractivity contribution in [2.45, 2.75) is 17.9 Å². The number of nitrogens with zero attached hydrogens (tertiary/aromatic N) is 3. The van der Waals surface area contributed by atoms with Gasteiger partial charge in [0.05, 0.1) is 26.2 Å². The van der Waals surface area contributed by atoms with Gasteiger partial charge in [0.15, 0.2) is 0 Å². The summed E-state index contributed by atoms with van der Waals surface area (Å²) in [5.41, 5.74) is 2.96. The molecule has 8 heteroatoms. The first kappa shape index (κ1) is 23.1. The predicted molar refractivity (Wildman–Crippen MR) is 126 cm³/mol. The van der Waals surface area contributed by atoms with Crippen molar-refractivity contribution in [3.63, 3.8) is 0 Å². The Morgan fingerprint density at radius 3 is 2.45 bits per heavy atom. The number of aromatic nitrogens is 1. The zero-order chi connectivity index (χ0) is 23.6. The fourth-order valence-electron chi connectivity index (χ4n) is 4.36. The number of benzene rings is 2. The minimum absolute atomic E-state index is 0.0590. The maximum absolute atomic E-state index is 14.2. The first-order valence-electron chi connectivity index (χ1n) is 10.8. The number of aryl methyl sites for hydroxylation is 1. The summed E-state index contributed by atoms with van der Waals surface area (Å²) in [6.45, 7) is 4.03. The number of carbonyl (C=O) groups excluding carboxylic acids is 1. The van der Waals surface area contributed by atoms with Crippen LogP contribution < -0.4 is 0 Å². The highest BCUT2D eigenvalue weighted by molar-refractivity contribution is 7.91. The molecule has 2 atom stereocenters. The molecule has 0 aliphatic carbocycles. The van der Waals surface area contributed by atoms with E-state index in [0.717, 1.165) is 16.7 Å². The van der Waals surface area contributed by atoms with Crippen LogP contribution in [0.1, 0.15) is 33.1 Å². The second-order valence-electron chi connectivity index (χ2n) is 8.42. The summed E-state index contributed by atoms with van der Waals surface area (Å²) < 4.78 is 35.1. The van der Waals surface area contributed by atoms with Gasteiger partial charge < -0.3 is 4.90 Å². The molecule has 1 aromatic heterocycles. The van der Waals surface area contributed by atoms with E-state index in [1.165, 1.54) is 18.4 Å². The molecule has 1 fully saturated rings. The number of amides is 1. The Labute approximate surface area is 194 Å². The van der Waals surface area contributed by atoms with E-state index in [1.54, 1.807) is 35.5 Å². The van der Waals surface area contributed by atoms with Crippen molar-refractivity contribution < 1.29 is 13.4 Å². The molecule has 0 spiro atoms. The first-order valence-corrected chi connectivity index (χ1v) is 12.7. The number of rotatable bonds is 5. The lowest BCUT2D eigenvalue weighted by Gasteiger charge is -2.40. The number of hydrogen-bond acceptors (Lipinski definition) is 5. The standard InChI is InChI=1S/C25H27FN4O2S/c1-18-14-20(17-28-16-18)25(31)30-12-10-29(11-13-30)24(19-6-5-7-21(26)15-19)22-8-3-4-9-23(22)33(2,27)32/h3-9,14-17,24,27H,10-13H2,1-2H3. The molecule has 2 unspecified atom stereocenters. The van der Waals surface area contributed by atoms with Gasteiger partial charge in [0.25, 0.3) is 5.91 Å². The average Bonchev–Trinajstić information content (AvgIpc) is 2.79. The van der Waals surface area contributed by atoms with E-state index in [-0.39, 0.29) is 17.8 Å². The Hall–Kier alpha value is -3.10. The van der Waals surface area contributed by atoms with Gasteiger partial charge in [-0.1, -0.05) is 30.3 Å². The van der Waals surface area contributed by atoms with Gasteiger partial charge in [0.2, 0.25) is 0 Å². The molecule has 172 valence electrons. The van der Waals surface area contributed by atoms with Crippen LogP contribution in [-0.4, -0.2) is 57.3 Å². The third-order valence-corrected chi connectivity index (χ3v) is 7.10. The van der Waals surface area contributed by atoms with Crippen molar-refractivity contribution in [1.29, 1.82) is 4.78 Å². The summed E-state index contributed by atoms with van der Waals surface area (Å²) >= 11 is 0. The van der Waals surface area contributed by atoms with Crippen molar-refractivity contribution in [1.82, 2.24) is 14.8 Å². The molecule has 1 aliphatic rings. The van der Waals surface area contributed by atoms with E-state index in [1.807, 2.05) is 31.2 Å². The van der Waals surface area contributed by atoms with Gasteiger partial charge in [0, 0.05) is 44.8 Å². The molecule has 0 radical (unpaired) electrons. The Balaban J connectivity index is 1.65. The molecule has 1 N–H and O–H groups in total. The van der Waals surface area contributed by atoms with Crippen LogP contribution in [0.3, 0.4) is 0 Å². The van der Waals surface area contributed by atoms with E-state index in [9.17, 15) is 13.4 Å². The van der Waals surface area contributed by atoms with Crippen molar-refractivity contribution in [2.24, 2.45) is 0 Å². The van der Waals surface area contributed by atoms with Crippen LogP contribution in [0, 0.1) is 17.5 Å². The maximum atomic E-state index is 14.2. The largest absolute Gasteiger partial charge is 0.336 e. The van der Waals surface area contributed by atoms with Crippen LogP contribution in [0.5, 0.6) is 0 Å². The number of hydrogen-bond donors (Lipinski definition) is 1. The number of nitrogens with one attached hydrogen (secondary N) is 1. The minimum atomic E-state index is -2.99. The molecular weight excluding hydrogens is 439 g/mol. The third kappa shape index (κ3) is 5.12. The Kier molecular flexibility index (Phi) is 6.58. The summed E-state index contributed by atoms with van der Waals surface area (Å²) in [7, 11) is -2.99. The van der Waals surface area contributed by atoms with Gasteiger partial charge in [-0.15, -0.1) is 0 Å². The SMILES string of the molecule is Cc1cncc(C(=O)N2CCN(C(c3cccc(F)c3)c3ccccc3S(C)(=N)=O)CC2)c1. The van der Waals surface area contributed by atoms with E-state index < -0.39 is 9.73 Å². The molecule has 0 bridgehead atoms. The molecule has 1 amide bonds. The molecule has 33 heavy (non-hydrogen) atoms. The highest BCUT2D eigenvalue weighted by Crippen LogP contribution is 2.34. The molecule has 6 nitrogen and oxygen atoms in total. The monoisotopic (exact) mass is 466 g/mol. The summed E-state index contributed by atoms with van der Waals surface area (Å²) in [6, 6.07) is 15.0. The predicted octanol–water partition coefficient (Wildman–Crippen LogP) is 4.11. The van der Waals surface area contributed by atoms with Gasteiger partial charge in [0.1, 0.15) is 5.82 Å². The van der Waals surface area contributed by atoms with Crippen LogP contribution in [-0.2, 0) is 9.73 Å². The third-order valence-electron chi connectivity index (χ3n) is 5.89. The molecular formula is C25H27FN4O2S. The van der Waals surface area contributed by atoms with Crippen molar-refractivity contribution in [3.8, 4) is 0 Å². The normalized spacial score (nSPS) is 17.4. The zero-order valence-corrected chi connectivity index (χ0v) is 19.5. The fraction of sp³-hybridized carbons (Fsp3) is 0.280. The van der Waals surface area contributed by atoms with Crippen LogP contribution in [0.25, 0.3) is 0 Å². The molecule has 2 heterocycles. The smallest absolute Gasteiger partial charge is 0.255 e. The average molecular weight is 467 g/mol. The number of halogens is 1. The van der Waals surface area contributed by atoms with E-state index in [2.05, 4.69) is 9.88 Å². The van der Waals surface area contributed by atoms with Crippen molar-refractivity contribution in [3.05, 3.63) is 95.1 Å². The van der Waals surface area contributed by atoms with Crippen molar-refractivity contribution in [2.75, 3.05) is 32.4 Å². The van der Waals surface area contributed by atoms with E-state index >= 15 is 0 Å². The van der Waals surface area contributed by atoms with Crippen molar-refractivity contribution >= 4 is 15.6 Å². The fourth-order valence-corrected chi connectivity index (χ4v) is 5.33. The number of piperazine rings is 1. The van der Waals surface area contributed by atoms with Crippen LogP contribution in [0.4, 0.5) is 4.39 Å². The lowest BCUT2D eigenvalue weighted by atomic mass is 9.96. The number of carbonyl (C=O) groups is 1. The minimum Gasteiger partial charge on any atom is -0.336 e. The lowest BCUT2D eigenvalue weighted by molar-refractivity contribution is 0.0595. The van der Waals surface area contributed by atoms with Gasteiger partial charge in [-0.25, -0.2) is 13.4 Å². The Morgan fingerprint density at radius 1 is 1.06 bits per heavy atom. The van der Waals surface area contributed by atoms with Gasteiger partial charge in [-0.2, -0.15) is 0 Å². The molecule has 2 aromatic carbocycles. The van der Waals surface area contributed by atoms with Gasteiger partial charge >= 0.3 is 0 Å². The van der Waals surface area contributed by atoms with E-state index in [0.29, 0.717) is 36.6 Å². The Bertz CT molecular complexity index is 1270. The summed E-state index contributed by atoms with van der Waals surface area (Å²) in [4.78, 5) is 21.5. The summed E-state index contributed by atoms with van der Waals surface area (Å²) in [5, 5.41) is 0. The lowest BCUT2D eigenvalue weighted by Crippen LogP contribution is -2.50. The molecule has 1 saturated heterocycles. The zero-order valence-electron chi connectivity index (χ0n) is 18.7. The molecule has 3 aromatic rings. The second kappa shape index (κ2) is 9.41. The highest BCUT2D eigenvalue weighted by atomic mass is 32.2. The molecule has 4 rings (SSSR count). The van der Waals surface area contributed by atoms with Gasteiger partial charge in [-0.05, 0) is 47.9 Å². The highest BCUT2D eigenvalue weighted by Gasteiger charge is 2.31. The molecule has 1 aliphatic heterocycles.